The highest BCUT2D eigenvalue weighted by Crippen LogP contribution is 2.28. The van der Waals surface area contributed by atoms with Crippen LogP contribution in [-0.4, -0.2) is 5.84 Å². The highest BCUT2D eigenvalue weighted by atomic mass is 35.5. The molecule has 0 aliphatic carbocycles. The van der Waals surface area contributed by atoms with Gasteiger partial charge in [0.25, 0.3) is 0 Å². The summed E-state index contributed by atoms with van der Waals surface area (Å²) in [6.45, 7) is 0. The Morgan fingerprint density at radius 3 is 2.29 bits per heavy atom. The van der Waals surface area contributed by atoms with E-state index >= 15 is 0 Å². The summed E-state index contributed by atoms with van der Waals surface area (Å²) < 4.78 is 5.60. The van der Waals surface area contributed by atoms with Crippen LogP contribution in [0.2, 0.25) is 5.02 Å². The molecule has 0 spiro atoms. The SMILES string of the molecule is N=C(N)c1ccc(Oc2ccccc2Cl)cc1. The third kappa shape index (κ3) is 2.77. The summed E-state index contributed by atoms with van der Waals surface area (Å²) in [5.74, 6) is 1.29. The molecule has 0 fully saturated rings. The van der Waals surface area contributed by atoms with Crippen LogP contribution in [0.15, 0.2) is 48.5 Å². The predicted octanol–water partition coefficient (Wildman–Crippen LogP) is 3.42. The monoisotopic (exact) mass is 246 g/mol. The number of rotatable bonds is 3. The number of nitrogens with one attached hydrogen (secondary N) is 1. The minimum atomic E-state index is 0.0364. The largest absolute Gasteiger partial charge is 0.456 e. The van der Waals surface area contributed by atoms with Crippen molar-refractivity contribution < 1.29 is 4.74 Å². The Labute approximate surface area is 104 Å². The maximum Gasteiger partial charge on any atom is 0.146 e. The topological polar surface area (TPSA) is 59.1 Å². The number of para-hydroxylation sites is 1. The second-order valence-electron chi connectivity index (χ2n) is 3.47. The number of nitrogen functional groups attached to an aromatic ring is 1. The second-order valence-corrected chi connectivity index (χ2v) is 3.88. The number of hydrogen-bond donors (Lipinski definition) is 2. The summed E-state index contributed by atoms with van der Waals surface area (Å²) >= 11 is 5.98. The Morgan fingerprint density at radius 1 is 1.06 bits per heavy atom. The molecule has 0 aromatic heterocycles. The van der Waals surface area contributed by atoms with Crippen molar-refractivity contribution in [3.8, 4) is 11.5 Å². The van der Waals surface area contributed by atoms with Crippen molar-refractivity contribution in [1.29, 1.82) is 5.41 Å². The molecule has 0 radical (unpaired) electrons. The van der Waals surface area contributed by atoms with Crippen LogP contribution in [-0.2, 0) is 0 Å². The van der Waals surface area contributed by atoms with Gasteiger partial charge >= 0.3 is 0 Å². The van der Waals surface area contributed by atoms with Crippen molar-refractivity contribution in [3.05, 3.63) is 59.1 Å². The second kappa shape index (κ2) is 4.89. The number of nitrogens with two attached hydrogens (primary N) is 1. The highest BCUT2D eigenvalue weighted by molar-refractivity contribution is 6.32. The van der Waals surface area contributed by atoms with Crippen LogP contribution in [0.5, 0.6) is 11.5 Å². The number of amidine groups is 1. The Balaban J connectivity index is 2.20. The average molecular weight is 247 g/mol. The molecule has 0 bridgehead atoms. The first-order valence-corrected chi connectivity index (χ1v) is 5.41. The number of benzene rings is 2. The molecule has 0 unspecified atom stereocenters. The van der Waals surface area contributed by atoms with E-state index in [2.05, 4.69) is 0 Å². The van der Waals surface area contributed by atoms with Gasteiger partial charge in [-0.1, -0.05) is 23.7 Å². The van der Waals surface area contributed by atoms with E-state index in [9.17, 15) is 0 Å². The van der Waals surface area contributed by atoms with Gasteiger partial charge in [-0.3, -0.25) is 5.41 Å². The Kier molecular flexibility index (Phi) is 3.30. The Hall–Kier alpha value is -2.00. The van der Waals surface area contributed by atoms with Crippen molar-refractivity contribution >= 4 is 17.4 Å². The van der Waals surface area contributed by atoms with E-state index in [-0.39, 0.29) is 5.84 Å². The summed E-state index contributed by atoms with van der Waals surface area (Å²) in [4.78, 5) is 0. The fraction of sp³-hybridized carbons (Fsp3) is 0. The fourth-order valence-electron chi connectivity index (χ4n) is 1.36. The van der Waals surface area contributed by atoms with Crippen molar-refractivity contribution in [2.24, 2.45) is 5.73 Å². The minimum absolute atomic E-state index is 0.0364. The minimum Gasteiger partial charge on any atom is -0.456 e. The van der Waals surface area contributed by atoms with Gasteiger partial charge in [0.1, 0.15) is 17.3 Å². The van der Waals surface area contributed by atoms with Crippen LogP contribution in [0.1, 0.15) is 5.56 Å². The van der Waals surface area contributed by atoms with Crippen LogP contribution in [0.4, 0.5) is 0 Å². The predicted molar refractivity (Wildman–Crippen MR) is 69.0 cm³/mol. The maximum atomic E-state index is 7.28. The lowest BCUT2D eigenvalue weighted by molar-refractivity contribution is 0.483. The van der Waals surface area contributed by atoms with Crippen molar-refractivity contribution in [1.82, 2.24) is 0 Å². The van der Waals surface area contributed by atoms with Gasteiger partial charge in [-0.15, -0.1) is 0 Å². The first-order chi connectivity index (χ1) is 8.16. The van der Waals surface area contributed by atoms with E-state index in [1.54, 1.807) is 36.4 Å². The Bertz CT molecular complexity index is 537. The van der Waals surface area contributed by atoms with Crippen molar-refractivity contribution in [2.45, 2.75) is 0 Å². The number of ether oxygens (including phenoxy) is 1. The highest BCUT2D eigenvalue weighted by Gasteiger charge is 2.02. The van der Waals surface area contributed by atoms with E-state index < -0.39 is 0 Å². The van der Waals surface area contributed by atoms with E-state index in [1.807, 2.05) is 12.1 Å². The van der Waals surface area contributed by atoms with E-state index in [0.29, 0.717) is 22.1 Å². The molecule has 4 heteroatoms. The van der Waals surface area contributed by atoms with Crippen molar-refractivity contribution in [3.63, 3.8) is 0 Å². The van der Waals surface area contributed by atoms with E-state index in [4.69, 9.17) is 27.5 Å². The van der Waals surface area contributed by atoms with Crippen LogP contribution in [0, 0.1) is 5.41 Å². The molecule has 0 heterocycles. The van der Waals surface area contributed by atoms with Gasteiger partial charge in [-0.2, -0.15) is 0 Å². The van der Waals surface area contributed by atoms with Gasteiger partial charge < -0.3 is 10.5 Å². The molecular weight excluding hydrogens is 236 g/mol. The normalized spacial score (nSPS) is 9.94. The molecule has 0 aliphatic rings. The smallest absolute Gasteiger partial charge is 0.146 e. The Morgan fingerprint density at radius 2 is 1.71 bits per heavy atom. The van der Waals surface area contributed by atoms with Gasteiger partial charge in [0.2, 0.25) is 0 Å². The van der Waals surface area contributed by atoms with Gasteiger partial charge in [0.15, 0.2) is 0 Å². The van der Waals surface area contributed by atoms with Crippen LogP contribution >= 0.6 is 11.6 Å². The van der Waals surface area contributed by atoms with Gasteiger partial charge in [-0.25, -0.2) is 0 Å². The summed E-state index contributed by atoms with van der Waals surface area (Å²) in [6, 6.07) is 14.2. The molecule has 0 saturated carbocycles. The lowest BCUT2D eigenvalue weighted by Crippen LogP contribution is -2.10. The quantitative estimate of drug-likeness (QED) is 0.644. The summed E-state index contributed by atoms with van der Waals surface area (Å²) in [7, 11) is 0. The summed E-state index contributed by atoms with van der Waals surface area (Å²) in [5, 5.41) is 7.84. The van der Waals surface area contributed by atoms with Crippen molar-refractivity contribution in [2.75, 3.05) is 0 Å². The van der Waals surface area contributed by atoms with Crippen LogP contribution < -0.4 is 10.5 Å². The standard InChI is InChI=1S/C13H11ClN2O/c14-11-3-1-2-4-12(11)17-10-7-5-9(6-8-10)13(15)16/h1-8H,(H3,15,16). The van der Waals surface area contributed by atoms with Gasteiger partial charge in [-0.05, 0) is 36.4 Å². The van der Waals surface area contributed by atoms with Gasteiger partial charge in [0, 0.05) is 5.56 Å². The third-order valence-corrected chi connectivity index (χ3v) is 2.54. The lowest BCUT2D eigenvalue weighted by Gasteiger charge is -2.07. The fourth-order valence-corrected chi connectivity index (χ4v) is 1.53. The van der Waals surface area contributed by atoms with Crippen LogP contribution in [0.25, 0.3) is 0 Å². The third-order valence-electron chi connectivity index (χ3n) is 2.23. The summed E-state index contributed by atoms with van der Waals surface area (Å²) in [6.07, 6.45) is 0. The van der Waals surface area contributed by atoms with E-state index in [0.717, 1.165) is 0 Å². The molecule has 0 saturated heterocycles. The molecule has 3 N–H and O–H groups in total. The zero-order valence-electron chi connectivity index (χ0n) is 8.98. The molecular formula is C13H11ClN2O. The zero-order chi connectivity index (χ0) is 12.3. The van der Waals surface area contributed by atoms with E-state index in [1.165, 1.54) is 0 Å². The molecule has 3 nitrogen and oxygen atoms in total. The molecule has 0 amide bonds. The molecule has 2 aromatic carbocycles. The molecule has 0 atom stereocenters. The number of halogens is 1. The van der Waals surface area contributed by atoms with Crippen LogP contribution in [0.3, 0.4) is 0 Å². The zero-order valence-corrected chi connectivity index (χ0v) is 9.74. The molecule has 86 valence electrons. The molecule has 2 aromatic rings. The summed E-state index contributed by atoms with van der Waals surface area (Å²) in [5.41, 5.74) is 6.03. The first-order valence-electron chi connectivity index (χ1n) is 5.03. The number of hydrogen-bond acceptors (Lipinski definition) is 2. The average Bonchev–Trinajstić information content (AvgIpc) is 2.33. The molecule has 2 rings (SSSR count). The first kappa shape index (κ1) is 11.5. The molecule has 17 heavy (non-hydrogen) atoms. The molecule has 0 aliphatic heterocycles. The van der Waals surface area contributed by atoms with Gasteiger partial charge in [0.05, 0.1) is 5.02 Å². The maximum absolute atomic E-state index is 7.28. The lowest BCUT2D eigenvalue weighted by atomic mass is 10.2.